The van der Waals surface area contributed by atoms with E-state index in [-0.39, 0.29) is 0 Å². The van der Waals surface area contributed by atoms with Gasteiger partial charge in [0.1, 0.15) is 0 Å². The minimum absolute atomic E-state index is 0.413. The van der Waals surface area contributed by atoms with Crippen molar-refractivity contribution < 1.29 is 0 Å². The molecule has 0 radical (unpaired) electrons. The summed E-state index contributed by atoms with van der Waals surface area (Å²) in [6, 6.07) is 0. The molecule has 1 heterocycles. The molecule has 0 N–H and O–H groups in total. The smallest absolute Gasteiger partial charge is 0.167 e. The molecule has 0 amide bonds. The molecule has 1 aromatic rings. The summed E-state index contributed by atoms with van der Waals surface area (Å²) in [5.74, 6) is 1.14. The van der Waals surface area contributed by atoms with Gasteiger partial charge in [0, 0.05) is 30.5 Å². The van der Waals surface area contributed by atoms with Crippen LogP contribution in [-0.4, -0.2) is 20.6 Å². The highest BCUT2D eigenvalue weighted by Gasteiger charge is 2.25. The van der Waals surface area contributed by atoms with E-state index in [2.05, 4.69) is 39.3 Å². The standard InChI is InChI=1S/C11H19BrN2S/c1-4-11(5-2,8-12)9-15-10-13-6-7-14(10)3/h6-7H,4-5,8-9H2,1-3H3. The molecule has 0 saturated heterocycles. The van der Waals surface area contributed by atoms with Crippen LogP contribution in [0.15, 0.2) is 17.6 Å². The van der Waals surface area contributed by atoms with Crippen molar-refractivity contribution in [3.8, 4) is 0 Å². The first-order valence-corrected chi connectivity index (χ1v) is 7.44. The van der Waals surface area contributed by atoms with Crippen LogP contribution in [0.1, 0.15) is 26.7 Å². The highest BCUT2D eigenvalue weighted by molar-refractivity contribution is 9.09. The Balaban J connectivity index is 2.58. The molecule has 0 atom stereocenters. The van der Waals surface area contributed by atoms with Gasteiger partial charge in [-0.05, 0) is 18.3 Å². The lowest BCUT2D eigenvalue weighted by Crippen LogP contribution is -2.24. The van der Waals surface area contributed by atoms with E-state index < -0.39 is 0 Å². The maximum atomic E-state index is 4.33. The number of aromatic nitrogens is 2. The maximum absolute atomic E-state index is 4.33. The van der Waals surface area contributed by atoms with Crippen molar-refractivity contribution in [1.29, 1.82) is 0 Å². The van der Waals surface area contributed by atoms with Gasteiger partial charge in [-0.2, -0.15) is 0 Å². The quantitative estimate of drug-likeness (QED) is 0.587. The Labute approximate surface area is 105 Å². The maximum Gasteiger partial charge on any atom is 0.167 e. The molecule has 0 unspecified atom stereocenters. The van der Waals surface area contributed by atoms with Crippen LogP contribution in [0.2, 0.25) is 0 Å². The predicted octanol–water partition coefficient (Wildman–Crippen LogP) is 3.71. The fraction of sp³-hybridized carbons (Fsp3) is 0.727. The summed E-state index contributed by atoms with van der Waals surface area (Å²) < 4.78 is 2.08. The number of aryl methyl sites for hydroxylation is 1. The molecule has 0 aromatic carbocycles. The molecule has 15 heavy (non-hydrogen) atoms. The summed E-state index contributed by atoms with van der Waals surface area (Å²) in [7, 11) is 2.04. The number of imidazole rings is 1. The van der Waals surface area contributed by atoms with Crippen LogP contribution in [0.4, 0.5) is 0 Å². The Morgan fingerprint density at radius 1 is 1.47 bits per heavy atom. The molecule has 0 fully saturated rings. The van der Waals surface area contributed by atoms with Crippen molar-refractivity contribution in [2.24, 2.45) is 12.5 Å². The van der Waals surface area contributed by atoms with E-state index in [0.717, 1.165) is 16.2 Å². The fourth-order valence-corrected chi connectivity index (χ4v) is 3.99. The number of hydrogen-bond acceptors (Lipinski definition) is 2. The van der Waals surface area contributed by atoms with E-state index in [9.17, 15) is 0 Å². The summed E-state index contributed by atoms with van der Waals surface area (Å²) in [5.41, 5.74) is 0.413. The van der Waals surface area contributed by atoms with Crippen molar-refractivity contribution in [1.82, 2.24) is 9.55 Å². The molecule has 1 aromatic heterocycles. The average molecular weight is 291 g/mol. The Bertz CT molecular complexity index is 286. The number of nitrogens with zero attached hydrogens (tertiary/aromatic N) is 2. The van der Waals surface area contributed by atoms with E-state index in [1.54, 1.807) is 0 Å². The monoisotopic (exact) mass is 290 g/mol. The largest absolute Gasteiger partial charge is 0.329 e. The van der Waals surface area contributed by atoms with Gasteiger partial charge in [-0.15, -0.1) is 0 Å². The first-order chi connectivity index (χ1) is 7.17. The molecular weight excluding hydrogens is 272 g/mol. The third kappa shape index (κ3) is 3.25. The molecule has 0 saturated carbocycles. The van der Waals surface area contributed by atoms with Crippen LogP contribution in [0.5, 0.6) is 0 Å². The lowest BCUT2D eigenvalue weighted by atomic mass is 9.87. The Hall–Kier alpha value is 0.0400. The normalized spacial score (nSPS) is 12.0. The van der Waals surface area contributed by atoms with E-state index in [1.807, 2.05) is 31.2 Å². The summed E-state index contributed by atoms with van der Waals surface area (Å²) in [6.45, 7) is 4.54. The zero-order valence-electron chi connectivity index (χ0n) is 9.66. The minimum atomic E-state index is 0.413. The van der Waals surface area contributed by atoms with Crippen molar-refractivity contribution in [2.45, 2.75) is 31.8 Å². The number of alkyl halides is 1. The first-order valence-electron chi connectivity index (χ1n) is 5.33. The Morgan fingerprint density at radius 3 is 2.53 bits per heavy atom. The van der Waals surface area contributed by atoms with Gasteiger partial charge in [-0.1, -0.05) is 41.5 Å². The minimum Gasteiger partial charge on any atom is -0.329 e. The van der Waals surface area contributed by atoms with Gasteiger partial charge in [0.2, 0.25) is 0 Å². The zero-order valence-corrected chi connectivity index (χ0v) is 12.1. The molecule has 0 aliphatic rings. The first kappa shape index (κ1) is 13.1. The van der Waals surface area contributed by atoms with Crippen LogP contribution < -0.4 is 0 Å². The number of rotatable bonds is 6. The fourth-order valence-electron chi connectivity index (χ4n) is 1.39. The second-order valence-electron chi connectivity index (χ2n) is 3.95. The van der Waals surface area contributed by atoms with Gasteiger partial charge in [-0.3, -0.25) is 0 Å². The second-order valence-corrected chi connectivity index (χ2v) is 5.45. The van der Waals surface area contributed by atoms with Gasteiger partial charge in [-0.25, -0.2) is 4.98 Å². The Kier molecular flexibility index (Phi) is 5.19. The second kappa shape index (κ2) is 5.94. The van der Waals surface area contributed by atoms with Gasteiger partial charge in [0.15, 0.2) is 5.16 Å². The highest BCUT2D eigenvalue weighted by atomic mass is 79.9. The van der Waals surface area contributed by atoms with E-state index in [1.165, 1.54) is 12.8 Å². The molecule has 0 spiro atoms. The summed E-state index contributed by atoms with van der Waals surface area (Å²) in [6.07, 6.45) is 6.28. The van der Waals surface area contributed by atoms with Crippen LogP contribution in [0.3, 0.4) is 0 Å². The number of halogens is 1. The van der Waals surface area contributed by atoms with Crippen molar-refractivity contribution in [2.75, 3.05) is 11.1 Å². The lowest BCUT2D eigenvalue weighted by molar-refractivity contribution is 0.359. The molecule has 1 rings (SSSR count). The van der Waals surface area contributed by atoms with E-state index >= 15 is 0 Å². The molecule has 4 heteroatoms. The molecule has 0 bridgehead atoms. The number of thioether (sulfide) groups is 1. The summed E-state index contributed by atoms with van der Waals surface area (Å²) in [4.78, 5) is 4.33. The summed E-state index contributed by atoms with van der Waals surface area (Å²) >= 11 is 5.49. The predicted molar refractivity (Wildman–Crippen MR) is 70.7 cm³/mol. The topological polar surface area (TPSA) is 17.8 Å². The molecule has 86 valence electrons. The number of hydrogen-bond donors (Lipinski definition) is 0. The SMILES string of the molecule is CCC(CC)(CBr)CSc1nccn1C. The van der Waals surface area contributed by atoms with Crippen molar-refractivity contribution in [3.05, 3.63) is 12.4 Å². The summed E-state index contributed by atoms with van der Waals surface area (Å²) in [5, 5.41) is 2.19. The van der Waals surface area contributed by atoms with Crippen LogP contribution >= 0.6 is 27.7 Å². The van der Waals surface area contributed by atoms with Gasteiger partial charge < -0.3 is 4.57 Å². The van der Waals surface area contributed by atoms with Crippen LogP contribution in [0, 0.1) is 5.41 Å². The van der Waals surface area contributed by atoms with Crippen molar-refractivity contribution in [3.63, 3.8) is 0 Å². The molecular formula is C11H19BrN2S. The van der Waals surface area contributed by atoms with Crippen LogP contribution in [-0.2, 0) is 7.05 Å². The van der Waals surface area contributed by atoms with E-state index in [0.29, 0.717) is 5.41 Å². The van der Waals surface area contributed by atoms with Gasteiger partial charge >= 0.3 is 0 Å². The van der Waals surface area contributed by atoms with E-state index in [4.69, 9.17) is 0 Å². The van der Waals surface area contributed by atoms with Gasteiger partial charge in [0.25, 0.3) is 0 Å². The third-order valence-electron chi connectivity index (χ3n) is 3.07. The molecule has 0 aliphatic carbocycles. The highest BCUT2D eigenvalue weighted by Crippen LogP contribution is 2.34. The van der Waals surface area contributed by atoms with Crippen molar-refractivity contribution >= 4 is 27.7 Å². The lowest BCUT2D eigenvalue weighted by Gasteiger charge is -2.28. The van der Waals surface area contributed by atoms with Gasteiger partial charge in [0.05, 0.1) is 0 Å². The average Bonchev–Trinajstić information content (AvgIpc) is 2.67. The zero-order chi connectivity index (χ0) is 11.3. The molecule has 0 aliphatic heterocycles. The third-order valence-corrected chi connectivity index (χ3v) is 5.67. The van der Waals surface area contributed by atoms with Crippen LogP contribution in [0.25, 0.3) is 0 Å². The Morgan fingerprint density at radius 2 is 2.13 bits per heavy atom. The molecule has 2 nitrogen and oxygen atoms in total.